The van der Waals surface area contributed by atoms with Gasteiger partial charge in [-0.25, -0.2) is 13.4 Å². The molecule has 1 aromatic carbocycles. The van der Waals surface area contributed by atoms with E-state index in [1.165, 1.54) is 32.1 Å². The lowest BCUT2D eigenvalue weighted by Crippen LogP contribution is -2.52. The topological polar surface area (TPSA) is 66.7 Å². The van der Waals surface area contributed by atoms with Gasteiger partial charge in [0.05, 0.1) is 4.90 Å². The van der Waals surface area contributed by atoms with Crippen molar-refractivity contribution in [2.24, 2.45) is 0 Å². The fourth-order valence-corrected chi connectivity index (χ4v) is 5.62. The van der Waals surface area contributed by atoms with Crippen LogP contribution in [0.2, 0.25) is 0 Å². The average molecular weight is 390 g/mol. The molecule has 146 valence electrons. The Kier molecular flexibility index (Phi) is 5.34. The van der Waals surface area contributed by atoms with Crippen molar-refractivity contribution in [3.05, 3.63) is 36.4 Å². The van der Waals surface area contributed by atoms with Crippen LogP contribution in [-0.2, 0) is 10.0 Å². The SMILES string of the molecule is Cc1nc(-c2ccc(S(=O)(=O)N3CCN(C4CCCCC4)CC3)cc2)co1. The van der Waals surface area contributed by atoms with Crippen LogP contribution in [0.5, 0.6) is 0 Å². The molecule has 1 aliphatic heterocycles. The Morgan fingerprint density at radius 3 is 2.26 bits per heavy atom. The van der Waals surface area contributed by atoms with Crippen molar-refractivity contribution in [1.82, 2.24) is 14.2 Å². The van der Waals surface area contributed by atoms with Crippen molar-refractivity contribution < 1.29 is 12.8 Å². The Bertz CT molecular complexity index is 862. The summed E-state index contributed by atoms with van der Waals surface area (Å²) in [6, 6.07) is 7.57. The maximum atomic E-state index is 13.0. The number of aryl methyl sites for hydroxylation is 1. The largest absolute Gasteiger partial charge is 0.449 e. The second-order valence-electron chi connectivity index (χ2n) is 7.51. The van der Waals surface area contributed by atoms with Crippen molar-refractivity contribution in [3.8, 4) is 11.3 Å². The molecule has 1 saturated heterocycles. The van der Waals surface area contributed by atoms with Gasteiger partial charge in [-0.15, -0.1) is 0 Å². The summed E-state index contributed by atoms with van der Waals surface area (Å²) in [7, 11) is -3.45. The summed E-state index contributed by atoms with van der Waals surface area (Å²) in [4.78, 5) is 7.12. The molecule has 0 spiro atoms. The third-order valence-electron chi connectivity index (χ3n) is 5.77. The maximum Gasteiger partial charge on any atom is 0.243 e. The molecule has 0 atom stereocenters. The summed E-state index contributed by atoms with van der Waals surface area (Å²) in [6.45, 7) is 4.60. The molecule has 1 aromatic heterocycles. The van der Waals surface area contributed by atoms with E-state index in [4.69, 9.17) is 4.42 Å². The van der Waals surface area contributed by atoms with Crippen molar-refractivity contribution in [2.75, 3.05) is 26.2 Å². The first-order valence-corrected chi connectivity index (χ1v) is 11.2. The van der Waals surface area contributed by atoms with Gasteiger partial charge < -0.3 is 4.42 Å². The number of oxazole rings is 1. The zero-order chi connectivity index (χ0) is 18.9. The fourth-order valence-electron chi connectivity index (χ4n) is 4.20. The lowest BCUT2D eigenvalue weighted by Gasteiger charge is -2.40. The number of hydrogen-bond donors (Lipinski definition) is 0. The second-order valence-corrected chi connectivity index (χ2v) is 9.45. The molecule has 7 heteroatoms. The van der Waals surface area contributed by atoms with Crippen LogP contribution in [0.4, 0.5) is 0 Å². The molecule has 0 amide bonds. The van der Waals surface area contributed by atoms with Crippen LogP contribution in [-0.4, -0.2) is 54.8 Å². The number of sulfonamides is 1. The minimum atomic E-state index is -3.45. The van der Waals surface area contributed by atoms with E-state index in [9.17, 15) is 8.42 Å². The molecular weight excluding hydrogens is 362 g/mol. The molecule has 2 heterocycles. The van der Waals surface area contributed by atoms with E-state index < -0.39 is 10.0 Å². The van der Waals surface area contributed by atoms with Crippen molar-refractivity contribution >= 4 is 10.0 Å². The van der Waals surface area contributed by atoms with E-state index in [-0.39, 0.29) is 0 Å². The number of piperazine rings is 1. The highest BCUT2D eigenvalue weighted by Crippen LogP contribution is 2.26. The summed E-state index contributed by atoms with van der Waals surface area (Å²) >= 11 is 0. The number of aromatic nitrogens is 1. The molecule has 0 N–H and O–H groups in total. The van der Waals surface area contributed by atoms with Gasteiger partial charge in [0.15, 0.2) is 5.89 Å². The molecule has 0 bridgehead atoms. The Labute approximate surface area is 161 Å². The summed E-state index contributed by atoms with van der Waals surface area (Å²) in [6.07, 6.45) is 8.06. The van der Waals surface area contributed by atoms with Gasteiger partial charge in [0, 0.05) is 44.7 Å². The monoisotopic (exact) mass is 389 g/mol. The molecule has 0 radical (unpaired) electrons. The normalized spacial score (nSPS) is 20.8. The molecule has 27 heavy (non-hydrogen) atoms. The average Bonchev–Trinajstić information content (AvgIpc) is 3.15. The molecule has 6 nitrogen and oxygen atoms in total. The standard InChI is InChI=1S/C20H27N3O3S/c1-16-21-20(15-26-16)17-7-9-19(10-8-17)27(24,25)23-13-11-22(12-14-23)18-5-3-2-4-6-18/h7-10,15,18H,2-6,11-14H2,1H3. The van der Waals surface area contributed by atoms with Gasteiger partial charge in [-0.1, -0.05) is 31.4 Å². The van der Waals surface area contributed by atoms with Crippen LogP contribution in [0.3, 0.4) is 0 Å². The summed E-state index contributed by atoms with van der Waals surface area (Å²) in [5.74, 6) is 0.595. The first kappa shape index (κ1) is 18.7. The third-order valence-corrected chi connectivity index (χ3v) is 7.68. The van der Waals surface area contributed by atoms with E-state index in [0.717, 1.165) is 24.3 Å². The number of hydrogen-bond acceptors (Lipinski definition) is 5. The second kappa shape index (κ2) is 7.73. The van der Waals surface area contributed by atoms with E-state index in [2.05, 4.69) is 9.88 Å². The Balaban J connectivity index is 1.42. The van der Waals surface area contributed by atoms with E-state index in [1.807, 2.05) is 0 Å². The van der Waals surface area contributed by atoms with Crippen molar-refractivity contribution in [1.29, 1.82) is 0 Å². The van der Waals surface area contributed by atoms with Gasteiger partial charge in [0.25, 0.3) is 0 Å². The van der Waals surface area contributed by atoms with Crippen LogP contribution in [0, 0.1) is 6.92 Å². The van der Waals surface area contributed by atoms with E-state index >= 15 is 0 Å². The maximum absolute atomic E-state index is 13.0. The molecule has 1 saturated carbocycles. The highest BCUT2D eigenvalue weighted by atomic mass is 32.2. The number of rotatable bonds is 4. The van der Waals surface area contributed by atoms with Gasteiger partial charge in [-0.3, -0.25) is 4.90 Å². The number of benzene rings is 1. The molecule has 2 fully saturated rings. The van der Waals surface area contributed by atoms with Gasteiger partial charge in [0.2, 0.25) is 10.0 Å². The Hall–Kier alpha value is -1.70. The summed E-state index contributed by atoms with van der Waals surface area (Å²) in [5.41, 5.74) is 1.57. The first-order chi connectivity index (χ1) is 13.0. The van der Waals surface area contributed by atoms with E-state index in [1.54, 1.807) is 41.8 Å². The Morgan fingerprint density at radius 1 is 1.00 bits per heavy atom. The minimum absolute atomic E-state index is 0.345. The van der Waals surface area contributed by atoms with Crippen LogP contribution >= 0.6 is 0 Å². The zero-order valence-corrected chi connectivity index (χ0v) is 16.6. The van der Waals surface area contributed by atoms with Crippen molar-refractivity contribution in [3.63, 3.8) is 0 Å². The zero-order valence-electron chi connectivity index (χ0n) is 15.8. The van der Waals surface area contributed by atoms with Gasteiger partial charge >= 0.3 is 0 Å². The number of nitrogens with zero attached hydrogens (tertiary/aromatic N) is 3. The van der Waals surface area contributed by atoms with Crippen LogP contribution < -0.4 is 0 Å². The Morgan fingerprint density at radius 2 is 1.67 bits per heavy atom. The molecule has 2 aromatic rings. The fraction of sp³-hybridized carbons (Fsp3) is 0.550. The predicted octanol–water partition coefficient (Wildman–Crippen LogP) is 3.29. The molecule has 0 unspecified atom stereocenters. The lowest BCUT2D eigenvalue weighted by molar-refractivity contribution is 0.111. The molecule has 4 rings (SSSR count). The van der Waals surface area contributed by atoms with E-state index in [0.29, 0.717) is 29.9 Å². The van der Waals surface area contributed by atoms with Gasteiger partial charge in [-0.05, 0) is 25.0 Å². The quantitative estimate of drug-likeness (QED) is 0.803. The van der Waals surface area contributed by atoms with Crippen molar-refractivity contribution in [2.45, 2.75) is 50.0 Å². The third kappa shape index (κ3) is 3.95. The van der Waals surface area contributed by atoms with Gasteiger partial charge in [-0.2, -0.15) is 4.31 Å². The predicted molar refractivity (Wildman–Crippen MR) is 104 cm³/mol. The smallest absolute Gasteiger partial charge is 0.243 e. The van der Waals surface area contributed by atoms with Crippen LogP contribution in [0.25, 0.3) is 11.3 Å². The summed E-state index contributed by atoms with van der Waals surface area (Å²) in [5, 5.41) is 0. The van der Waals surface area contributed by atoms with Crippen LogP contribution in [0.1, 0.15) is 38.0 Å². The lowest BCUT2D eigenvalue weighted by atomic mass is 9.94. The van der Waals surface area contributed by atoms with Gasteiger partial charge in [0.1, 0.15) is 12.0 Å². The van der Waals surface area contributed by atoms with Crippen LogP contribution in [0.15, 0.2) is 39.8 Å². The molecular formula is C20H27N3O3S. The molecule has 2 aliphatic rings. The first-order valence-electron chi connectivity index (χ1n) is 9.81. The summed E-state index contributed by atoms with van der Waals surface area (Å²) < 4.78 is 32.8. The highest BCUT2D eigenvalue weighted by Gasteiger charge is 2.31. The highest BCUT2D eigenvalue weighted by molar-refractivity contribution is 7.89. The molecule has 1 aliphatic carbocycles. The minimum Gasteiger partial charge on any atom is -0.449 e.